The number of ether oxygens (including phenoxy) is 1. The molecule has 1 fully saturated rings. The predicted octanol–water partition coefficient (Wildman–Crippen LogP) is 2.47. The van der Waals surface area contributed by atoms with Gasteiger partial charge in [0.2, 0.25) is 0 Å². The standard InChI is InChI=1S/C15H22FN3O2/c1-15(2,3)21-14(20)19-9-7-18(8-10-19)12-6-4-5-11(17)13(12)16/h4-6H,7-10,17H2,1-3H3. The first-order valence-corrected chi connectivity index (χ1v) is 7.05. The minimum Gasteiger partial charge on any atom is -0.444 e. The van der Waals surface area contributed by atoms with Crippen molar-refractivity contribution in [2.24, 2.45) is 0 Å². The third-order valence-electron chi connectivity index (χ3n) is 3.28. The van der Waals surface area contributed by atoms with Crippen LogP contribution >= 0.6 is 0 Å². The van der Waals surface area contributed by atoms with Crippen LogP contribution in [0.4, 0.5) is 20.6 Å². The van der Waals surface area contributed by atoms with E-state index in [0.29, 0.717) is 31.9 Å². The zero-order valence-electron chi connectivity index (χ0n) is 12.7. The topological polar surface area (TPSA) is 58.8 Å². The molecule has 0 aromatic heterocycles. The number of carbonyl (C=O) groups excluding carboxylic acids is 1. The van der Waals surface area contributed by atoms with Gasteiger partial charge in [-0.2, -0.15) is 0 Å². The molecule has 1 aliphatic rings. The molecule has 1 aliphatic heterocycles. The molecule has 2 rings (SSSR count). The van der Waals surface area contributed by atoms with Crippen molar-refractivity contribution in [1.82, 2.24) is 4.90 Å². The lowest BCUT2D eigenvalue weighted by molar-refractivity contribution is 0.0240. The van der Waals surface area contributed by atoms with Crippen molar-refractivity contribution in [3.05, 3.63) is 24.0 Å². The van der Waals surface area contributed by atoms with Gasteiger partial charge in [0.25, 0.3) is 0 Å². The highest BCUT2D eigenvalue weighted by molar-refractivity contribution is 5.69. The molecule has 6 heteroatoms. The molecule has 1 heterocycles. The summed E-state index contributed by atoms with van der Waals surface area (Å²) >= 11 is 0. The van der Waals surface area contributed by atoms with Crippen LogP contribution in [0.5, 0.6) is 0 Å². The summed E-state index contributed by atoms with van der Waals surface area (Å²) in [5, 5.41) is 0. The predicted molar refractivity (Wildman–Crippen MR) is 80.8 cm³/mol. The van der Waals surface area contributed by atoms with Crippen LogP contribution in [0, 0.1) is 5.82 Å². The molecule has 0 saturated carbocycles. The Balaban J connectivity index is 1.97. The summed E-state index contributed by atoms with van der Waals surface area (Å²) in [5.41, 5.74) is 5.71. The second kappa shape index (κ2) is 5.79. The van der Waals surface area contributed by atoms with Gasteiger partial charge in [0.15, 0.2) is 5.82 Å². The molecule has 0 radical (unpaired) electrons. The minimum absolute atomic E-state index is 0.141. The van der Waals surface area contributed by atoms with Gasteiger partial charge >= 0.3 is 6.09 Å². The summed E-state index contributed by atoms with van der Waals surface area (Å²) in [6, 6.07) is 4.97. The van der Waals surface area contributed by atoms with Crippen LogP contribution in [0.2, 0.25) is 0 Å². The van der Waals surface area contributed by atoms with Crippen LogP contribution in [0.1, 0.15) is 20.8 Å². The van der Waals surface area contributed by atoms with Gasteiger partial charge in [-0.05, 0) is 32.9 Å². The molecule has 0 atom stereocenters. The van der Waals surface area contributed by atoms with Crippen LogP contribution in [-0.4, -0.2) is 42.8 Å². The molecule has 21 heavy (non-hydrogen) atoms. The van der Waals surface area contributed by atoms with E-state index in [1.165, 1.54) is 6.07 Å². The van der Waals surface area contributed by atoms with E-state index >= 15 is 0 Å². The molecular weight excluding hydrogens is 273 g/mol. The third-order valence-corrected chi connectivity index (χ3v) is 3.28. The number of nitrogen functional groups attached to an aromatic ring is 1. The second-order valence-electron chi connectivity index (χ2n) is 6.13. The molecule has 0 bridgehead atoms. The molecule has 1 saturated heterocycles. The number of piperazine rings is 1. The maximum Gasteiger partial charge on any atom is 0.410 e. The van der Waals surface area contributed by atoms with Crippen molar-refractivity contribution in [3.8, 4) is 0 Å². The van der Waals surface area contributed by atoms with E-state index in [2.05, 4.69) is 0 Å². The molecule has 2 N–H and O–H groups in total. The maximum absolute atomic E-state index is 14.0. The molecule has 1 amide bonds. The quantitative estimate of drug-likeness (QED) is 0.809. The highest BCUT2D eigenvalue weighted by atomic mass is 19.1. The van der Waals surface area contributed by atoms with Crippen LogP contribution in [0.15, 0.2) is 18.2 Å². The molecule has 1 aromatic rings. The number of hydrogen-bond donors (Lipinski definition) is 1. The zero-order valence-corrected chi connectivity index (χ0v) is 12.7. The molecule has 116 valence electrons. The van der Waals surface area contributed by atoms with Crippen molar-refractivity contribution in [1.29, 1.82) is 0 Å². The van der Waals surface area contributed by atoms with Gasteiger partial charge in [-0.1, -0.05) is 6.07 Å². The molecule has 0 spiro atoms. The van der Waals surface area contributed by atoms with E-state index in [1.54, 1.807) is 17.0 Å². The smallest absolute Gasteiger partial charge is 0.410 e. The number of rotatable bonds is 1. The first-order valence-electron chi connectivity index (χ1n) is 7.05. The van der Waals surface area contributed by atoms with Crippen molar-refractivity contribution in [2.75, 3.05) is 36.8 Å². The first-order chi connectivity index (χ1) is 9.78. The number of amides is 1. The fraction of sp³-hybridized carbons (Fsp3) is 0.533. The van der Waals surface area contributed by atoms with Crippen LogP contribution in [0.3, 0.4) is 0 Å². The Labute approximate surface area is 124 Å². The van der Waals surface area contributed by atoms with Crippen molar-refractivity contribution in [2.45, 2.75) is 26.4 Å². The zero-order chi connectivity index (χ0) is 15.6. The Morgan fingerprint density at radius 3 is 2.43 bits per heavy atom. The van der Waals surface area contributed by atoms with Gasteiger partial charge in [-0.3, -0.25) is 0 Å². The third kappa shape index (κ3) is 3.77. The summed E-state index contributed by atoms with van der Waals surface area (Å²) in [6.45, 7) is 7.63. The van der Waals surface area contributed by atoms with E-state index < -0.39 is 11.4 Å². The van der Waals surface area contributed by atoms with Gasteiger partial charge in [0, 0.05) is 26.2 Å². The van der Waals surface area contributed by atoms with Crippen molar-refractivity contribution < 1.29 is 13.9 Å². The van der Waals surface area contributed by atoms with E-state index in [9.17, 15) is 9.18 Å². The van der Waals surface area contributed by atoms with Crippen LogP contribution in [0.25, 0.3) is 0 Å². The normalized spacial score (nSPS) is 16.0. The van der Waals surface area contributed by atoms with Gasteiger partial charge < -0.3 is 20.3 Å². The van der Waals surface area contributed by atoms with E-state index in [1.807, 2.05) is 25.7 Å². The Bertz CT molecular complexity index is 520. The highest BCUT2D eigenvalue weighted by Gasteiger charge is 2.26. The lowest BCUT2D eigenvalue weighted by Crippen LogP contribution is -2.50. The van der Waals surface area contributed by atoms with E-state index in [-0.39, 0.29) is 11.8 Å². The summed E-state index contributed by atoms with van der Waals surface area (Å²) in [5.74, 6) is -0.400. The van der Waals surface area contributed by atoms with E-state index in [4.69, 9.17) is 10.5 Å². The maximum atomic E-state index is 14.0. The van der Waals surface area contributed by atoms with Crippen molar-refractivity contribution >= 4 is 17.5 Å². The van der Waals surface area contributed by atoms with Crippen LogP contribution in [-0.2, 0) is 4.74 Å². The number of nitrogens with zero attached hydrogens (tertiary/aromatic N) is 2. The monoisotopic (exact) mass is 295 g/mol. The summed E-state index contributed by atoms with van der Waals surface area (Å²) in [4.78, 5) is 15.5. The average molecular weight is 295 g/mol. The largest absolute Gasteiger partial charge is 0.444 e. The molecular formula is C15H22FN3O2. The van der Waals surface area contributed by atoms with E-state index in [0.717, 1.165) is 0 Å². The van der Waals surface area contributed by atoms with Crippen LogP contribution < -0.4 is 10.6 Å². The second-order valence-corrected chi connectivity index (χ2v) is 6.13. The van der Waals surface area contributed by atoms with Gasteiger partial charge in [-0.25, -0.2) is 9.18 Å². The number of hydrogen-bond acceptors (Lipinski definition) is 4. The van der Waals surface area contributed by atoms with Gasteiger partial charge in [0.05, 0.1) is 11.4 Å². The number of anilines is 2. The number of benzene rings is 1. The van der Waals surface area contributed by atoms with Gasteiger partial charge in [-0.15, -0.1) is 0 Å². The molecule has 5 nitrogen and oxygen atoms in total. The molecule has 1 aromatic carbocycles. The number of carbonyl (C=O) groups is 1. The highest BCUT2D eigenvalue weighted by Crippen LogP contribution is 2.25. The lowest BCUT2D eigenvalue weighted by atomic mass is 10.2. The SMILES string of the molecule is CC(C)(C)OC(=O)N1CCN(c2cccc(N)c2F)CC1. The Morgan fingerprint density at radius 2 is 1.86 bits per heavy atom. The Kier molecular flexibility index (Phi) is 4.25. The first kappa shape index (κ1) is 15.4. The molecule has 0 unspecified atom stereocenters. The fourth-order valence-corrected chi connectivity index (χ4v) is 2.24. The Morgan fingerprint density at radius 1 is 1.24 bits per heavy atom. The van der Waals surface area contributed by atoms with Gasteiger partial charge in [0.1, 0.15) is 5.60 Å². The fourth-order valence-electron chi connectivity index (χ4n) is 2.24. The number of halogens is 1. The summed E-state index contributed by atoms with van der Waals surface area (Å²) < 4.78 is 19.3. The summed E-state index contributed by atoms with van der Waals surface area (Å²) in [6.07, 6.45) is -0.324. The minimum atomic E-state index is -0.506. The summed E-state index contributed by atoms with van der Waals surface area (Å²) in [7, 11) is 0. The molecule has 0 aliphatic carbocycles. The lowest BCUT2D eigenvalue weighted by Gasteiger charge is -2.36. The van der Waals surface area contributed by atoms with Crippen molar-refractivity contribution in [3.63, 3.8) is 0 Å². The average Bonchev–Trinajstić information content (AvgIpc) is 2.40. The Hall–Kier alpha value is -1.98. The number of nitrogens with two attached hydrogens (primary N) is 1.